The molecule has 20 heteroatoms. The second-order valence-electron chi connectivity index (χ2n) is 8.10. The number of benzene rings is 2. The predicted octanol–water partition coefficient (Wildman–Crippen LogP) is 8.24. The van der Waals surface area contributed by atoms with Crippen molar-refractivity contribution in [2.24, 2.45) is 0 Å². The molecule has 0 saturated carbocycles. The van der Waals surface area contributed by atoms with Gasteiger partial charge in [-0.1, -0.05) is 36.4 Å². The van der Waals surface area contributed by atoms with Gasteiger partial charge in [0.25, 0.3) is 0 Å². The summed E-state index contributed by atoms with van der Waals surface area (Å²) in [5.74, 6) is -55.1. The van der Waals surface area contributed by atoms with E-state index in [0.717, 1.165) is 30.3 Å². The number of hydrogen-bond donors (Lipinski definition) is 0. The minimum absolute atomic E-state index is 0.446. The molecule has 2 nitrogen and oxygen atoms in total. The second-order valence-corrected chi connectivity index (χ2v) is 10.2. The molecule has 0 fully saturated rings. The molecule has 0 N–H and O–H groups in total. The number of esters is 1. The Morgan fingerprint density at radius 2 is 0.881 bits per heavy atom. The Morgan fingerprint density at radius 3 is 1.29 bits per heavy atom. The molecular formula is C22H12F17O2S+. The maximum absolute atomic E-state index is 15.1. The smallest absolute Gasteiger partial charge is 0.423 e. The van der Waals surface area contributed by atoms with Gasteiger partial charge in [-0.2, -0.15) is 65.9 Å². The van der Waals surface area contributed by atoms with Crippen LogP contribution in [0, 0.1) is 0 Å². The van der Waals surface area contributed by atoms with Crippen molar-refractivity contribution >= 4 is 16.9 Å². The minimum Gasteiger partial charge on any atom is -0.423 e. The lowest BCUT2D eigenvalue weighted by Gasteiger charge is -2.42. The van der Waals surface area contributed by atoms with Gasteiger partial charge in [-0.25, -0.2) is 4.79 Å². The number of alkyl halides is 17. The van der Waals surface area contributed by atoms with Crippen LogP contribution >= 0.6 is 0 Å². The van der Waals surface area contributed by atoms with E-state index in [-0.39, 0.29) is 0 Å². The largest absolute Gasteiger partial charge is 0.486 e. The number of halogens is 17. The number of para-hydroxylation sites is 1. The molecular weight excluding hydrogens is 651 g/mol. The van der Waals surface area contributed by atoms with Crippen molar-refractivity contribution in [3.05, 3.63) is 60.7 Å². The summed E-state index contributed by atoms with van der Waals surface area (Å²) in [6, 6.07) is 9.18. The highest BCUT2D eigenvalue weighted by Crippen LogP contribution is 2.64. The summed E-state index contributed by atoms with van der Waals surface area (Å²) < 4.78 is 238. The van der Waals surface area contributed by atoms with Crippen molar-refractivity contribution in [3.63, 3.8) is 0 Å². The number of rotatable bonds is 11. The first-order valence-electron chi connectivity index (χ1n) is 10.4. The van der Waals surface area contributed by atoms with Crippen LogP contribution in [0.5, 0.6) is 5.75 Å². The van der Waals surface area contributed by atoms with Gasteiger partial charge in [0.2, 0.25) is 5.75 Å². The predicted molar refractivity (Wildman–Crippen MR) is 110 cm³/mol. The Kier molecular flexibility index (Phi) is 9.21. The molecule has 2 aromatic carbocycles. The van der Waals surface area contributed by atoms with Crippen molar-refractivity contribution in [2.45, 2.75) is 51.9 Å². The van der Waals surface area contributed by atoms with E-state index in [2.05, 4.69) is 4.74 Å². The molecule has 0 amide bonds. The van der Waals surface area contributed by atoms with Crippen molar-refractivity contribution in [3.8, 4) is 5.75 Å². The minimum atomic E-state index is -8.74. The summed E-state index contributed by atoms with van der Waals surface area (Å²) in [5, 5.41) is -6.78. The van der Waals surface area contributed by atoms with E-state index in [1.165, 1.54) is 18.2 Å². The van der Waals surface area contributed by atoms with E-state index in [1.54, 1.807) is 0 Å². The van der Waals surface area contributed by atoms with Gasteiger partial charge in [-0.3, -0.25) is 0 Å². The first-order chi connectivity index (χ1) is 18.7. The van der Waals surface area contributed by atoms with Crippen LogP contribution in [-0.2, 0) is 15.7 Å². The maximum atomic E-state index is 15.1. The van der Waals surface area contributed by atoms with E-state index in [9.17, 15) is 70.7 Å². The summed E-state index contributed by atoms with van der Waals surface area (Å²) in [6.45, 7) is 0. The number of carbonyl (C=O) groups is 1. The van der Waals surface area contributed by atoms with Gasteiger partial charge in [0.05, 0.1) is 0 Å². The summed E-state index contributed by atoms with van der Waals surface area (Å²) in [6.07, 6.45) is -7.84. The fourth-order valence-electron chi connectivity index (χ4n) is 2.98. The standard InChI is InChI=1S/C22H12F17O2S/c23-15(24,17(27,28)19(31,32)21(35,36)37)16(25,26)18(29,30)20(33,34)22(38,39)42(13-9-5-2-6-10-13)11-14(40)41-12-7-3-1-4-8-12/h1-10H,11H2/q+1. The highest BCUT2D eigenvalue weighted by Gasteiger charge is 2.97. The molecule has 0 heterocycles. The van der Waals surface area contributed by atoms with Crippen LogP contribution in [0.3, 0.4) is 0 Å². The Balaban J connectivity index is 2.65. The molecule has 1 atom stereocenters. The molecule has 2 rings (SSSR count). The summed E-state index contributed by atoms with van der Waals surface area (Å²) >= 11 is 0. The highest BCUT2D eigenvalue weighted by atomic mass is 32.2. The normalized spacial score (nSPS) is 15.4. The van der Waals surface area contributed by atoms with Crippen LogP contribution in [0.4, 0.5) is 74.6 Å². The Bertz CT molecular complexity index is 1230. The van der Waals surface area contributed by atoms with Crippen LogP contribution < -0.4 is 4.74 Å². The molecule has 0 aliphatic rings. The first-order valence-corrected chi connectivity index (χ1v) is 11.8. The third kappa shape index (κ3) is 5.45. The molecule has 2 aromatic rings. The Hall–Kier alpha value is -2.93. The summed E-state index contributed by atoms with van der Waals surface area (Å²) in [7, 11) is -4.06. The highest BCUT2D eigenvalue weighted by molar-refractivity contribution is 7.98. The Labute approximate surface area is 225 Å². The SMILES string of the molecule is O=C(C[S+](c1ccccc1)C(F)(F)C(F)(F)C(F)(F)C(F)(F)C(F)(F)C(F)(F)C(F)(F)C(F)(F)F)Oc1ccccc1. The van der Waals surface area contributed by atoms with Gasteiger partial charge in [0, 0.05) is 0 Å². The van der Waals surface area contributed by atoms with Crippen molar-refractivity contribution < 1.29 is 84.2 Å². The average molecular weight is 663 g/mol. The molecule has 0 aliphatic heterocycles. The molecule has 236 valence electrons. The summed E-state index contributed by atoms with van der Waals surface area (Å²) in [4.78, 5) is 11.0. The van der Waals surface area contributed by atoms with Gasteiger partial charge in [-0.15, -0.1) is 8.78 Å². The van der Waals surface area contributed by atoms with E-state index < -0.39 is 80.2 Å². The lowest BCUT2D eigenvalue weighted by atomic mass is 9.91. The molecule has 1 unspecified atom stereocenters. The first kappa shape index (κ1) is 35.3. The molecule has 0 aliphatic carbocycles. The van der Waals surface area contributed by atoms with Crippen LogP contribution in [-0.4, -0.2) is 58.7 Å². The van der Waals surface area contributed by atoms with Crippen molar-refractivity contribution in [1.29, 1.82) is 0 Å². The molecule has 0 saturated heterocycles. The fourth-order valence-corrected chi connectivity index (χ4v) is 4.84. The molecule has 0 bridgehead atoms. The summed E-state index contributed by atoms with van der Waals surface area (Å²) in [5.41, 5.74) is 0. The van der Waals surface area contributed by atoms with Crippen LogP contribution in [0.2, 0.25) is 0 Å². The monoisotopic (exact) mass is 663 g/mol. The third-order valence-electron chi connectivity index (χ3n) is 5.27. The van der Waals surface area contributed by atoms with Crippen LogP contribution in [0.1, 0.15) is 0 Å². The molecule has 0 radical (unpaired) electrons. The molecule has 42 heavy (non-hydrogen) atoms. The maximum Gasteiger partial charge on any atom is 0.486 e. The zero-order chi connectivity index (χ0) is 32.8. The van der Waals surface area contributed by atoms with E-state index >= 15 is 8.78 Å². The lowest BCUT2D eigenvalue weighted by molar-refractivity contribution is -0.458. The van der Waals surface area contributed by atoms with E-state index in [1.807, 2.05) is 0 Å². The number of carbonyl (C=O) groups excluding carboxylic acids is 1. The van der Waals surface area contributed by atoms with Crippen LogP contribution in [0.15, 0.2) is 65.6 Å². The molecule has 0 spiro atoms. The fraction of sp³-hybridized carbons (Fsp3) is 0.409. The van der Waals surface area contributed by atoms with E-state index in [4.69, 9.17) is 0 Å². The van der Waals surface area contributed by atoms with Crippen molar-refractivity contribution in [1.82, 2.24) is 0 Å². The Morgan fingerprint density at radius 1 is 0.524 bits per heavy atom. The quantitative estimate of drug-likeness (QED) is 0.105. The van der Waals surface area contributed by atoms with Gasteiger partial charge < -0.3 is 4.74 Å². The van der Waals surface area contributed by atoms with Gasteiger partial charge in [0.15, 0.2) is 4.90 Å². The van der Waals surface area contributed by atoms with E-state index in [0.29, 0.717) is 12.1 Å². The average Bonchev–Trinajstić information content (AvgIpc) is 2.86. The topological polar surface area (TPSA) is 26.3 Å². The molecule has 0 aromatic heterocycles. The van der Waals surface area contributed by atoms with Gasteiger partial charge >= 0.3 is 52.9 Å². The van der Waals surface area contributed by atoms with Crippen LogP contribution in [0.25, 0.3) is 0 Å². The second kappa shape index (κ2) is 11.0. The zero-order valence-electron chi connectivity index (χ0n) is 19.6. The van der Waals surface area contributed by atoms with Gasteiger partial charge in [-0.05, 0) is 24.3 Å². The number of ether oxygens (including phenoxy) is 1. The zero-order valence-corrected chi connectivity index (χ0v) is 20.4. The van der Waals surface area contributed by atoms with Crippen molar-refractivity contribution in [2.75, 3.05) is 5.75 Å². The van der Waals surface area contributed by atoms with Gasteiger partial charge in [0.1, 0.15) is 16.6 Å². The lowest BCUT2D eigenvalue weighted by Crippen LogP contribution is -2.75. The number of hydrogen-bond acceptors (Lipinski definition) is 2. The third-order valence-corrected chi connectivity index (χ3v) is 7.51.